The molecule has 202 valence electrons. The summed E-state index contributed by atoms with van der Waals surface area (Å²) in [5.41, 5.74) is 8.41. The Hall–Kier alpha value is -2.52. The molecule has 6 heterocycles. The Morgan fingerprint density at radius 1 is 0.895 bits per heavy atom. The predicted molar refractivity (Wildman–Crippen MR) is 145 cm³/mol. The van der Waals surface area contributed by atoms with Crippen LogP contribution in [0.25, 0.3) is 11.0 Å². The first-order valence-electron chi connectivity index (χ1n) is 14.6. The maximum atomic E-state index is 5.53. The van der Waals surface area contributed by atoms with Crippen LogP contribution in [0.5, 0.6) is 0 Å². The zero-order chi connectivity index (χ0) is 25.9. The fourth-order valence-corrected chi connectivity index (χ4v) is 8.56. The smallest absolute Gasteiger partial charge is 0.158 e. The number of aryl methyl sites for hydroxylation is 4. The van der Waals surface area contributed by atoms with E-state index in [1.807, 2.05) is 25.6 Å². The number of hydrogen-bond donors (Lipinski definition) is 0. The quantitative estimate of drug-likeness (QED) is 0.526. The van der Waals surface area contributed by atoms with Crippen molar-refractivity contribution < 1.29 is 4.74 Å². The first kappa shape index (κ1) is 23.4. The van der Waals surface area contributed by atoms with Gasteiger partial charge in [-0.3, -0.25) is 14.3 Å². The Kier molecular flexibility index (Phi) is 4.79. The molecule has 0 radical (unpaired) electrons. The van der Waals surface area contributed by atoms with Gasteiger partial charge in [0.25, 0.3) is 0 Å². The lowest BCUT2D eigenvalue weighted by Gasteiger charge is -2.66. The highest BCUT2D eigenvalue weighted by molar-refractivity contribution is 5.88. The molecule has 38 heavy (non-hydrogen) atoms. The van der Waals surface area contributed by atoms with Gasteiger partial charge in [-0.2, -0.15) is 10.2 Å². The van der Waals surface area contributed by atoms with E-state index in [1.165, 1.54) is 68.6 Å². The molecule has 9 nitrogen and oxygen atoms in total. The van der Waals surface area contributed by atoms with Gasteiger partial charge in [0, 0.05) is 68.4 Å². The predicted octanol–water partition coefficient (Wildman–Crippen LogP) is 3.47. The molecule has 9 heteroatoms. The molecule has 3 aromatic heterocycles. The van der Waals surface area contributed by atoms with Crippen LogP contribution >= 0.6 is 0 Å². The van der Waals surface area contributed by atoms with E-state index in [4.69, 9.17) is 19.8 Å². The molecular weight excluding hydrogens is 476 g/mol. The minimum atomic E-state index is 0.426. The Balaban J connectivity index is 1.01. The molecule has 2 bridgehead atoms. The third-order valence-electron chi connectivity index (χ3n) is 11.0. The number of nitrogens with zero attached hydrogens (tertiary/aromatic N) is 8. The summed E-state index contributed by atoms with van der Waals surface area (Å²) in [4.78, 5) is 14.8. The third-order valence-corrected chi connectivity index (χ3v) is 11.0. The van der Waals surface area contributed by atoms with Crippen molar-refractivity contribution >= 4 is 16.9 Å². The summed E-state index contributed by atoms with van der Waals surface area (Å²) in [7, 11) is 2.00. The molecule has 5 fully saturated rings. The molecule has 0 atom stereocenters. The summed E-state index contributed by atoms with van der Waals surface area (Å²) in [5, 5.41) is 9.80. The second kappa shape index (κ2) is 7.78. The molecule has 1 spiro atoms. The molecule has 3 aliphatic carbocycles. The van der Waals surface area contributed by atoms with Gasteiger partial charge in [0.2, 0.25) is 0 Å². The van der Waals surface area contributed by atoms with Crippen LogP contribution in [0.2, 0.25) is 0 Å². The van der Waals surface area contributed by atoms with Crippen LogP contribution in [0.15, 0.2) is 0 Å². The lowest BCUT2D eigenvalue weighted by atomic mass is 9.55. The summed E-state index contributed by atoms with van der Waals surface area (Å²) in [5.74, 6) is 1.81. The lowest BCUT2D eigenvalue weighted by Crippen LogP contribution is -2.73. The Labute approximate surface area is 224 Å². The van der Waals surface area contributed by atoms with Crippen molar-refractivity contribution in [2.45, 2.75) is 84.3 Å². The molecule has 9 rings (SSSR count). The van der Waals surface area contributed by atoms with E-state index in [0.717, 1.165) is 67.6 Å². The zero-order valence-corrected chi connectivity index (χ0v) is 23.4. The third kappa shape index (κ3) is 3.24. The van der Waals surface area contributed by atoms with Crippen molar-refractivity contribution in [2.24, 2.45) is 17.9 Å². The molecule has 3 saturated carbocycles. The molecule has 2 saturated heterocycles. The Morgan fingerprint density at radius 3 is 2.32 bits per heavy atom. The van der Waals surface area contributed by atoms with Crippen molar-refractivity contribution in [3.05, 3.63) is 28.5 Å². The highest BCUT2D eigenvalue weighted by atomic mass is 16.5. The molecule has 3 aliphatic heterocycles. The van der Waals surface area contributed by atoms with Crippen LogP contribution in [-0.4, -0.2) is 72.8 Å². The number of anilines is 1. The van der Waals surface area contributed by atoms with E-state index in [1.54, 1.807) is 0 Å². The van der Waals surface area contributed by atoms with E-state index in [9.17, 15) is 0 Å². The molecular formula is C29H40N8O. The number of rotatable bonds is 4. The summed E-state index contributed by atoms with van der Waals surface area (Å²) >= 11 is 0. The van der Waals surface area contributed by atoms with Crippen LogP contribution in [0.4, 0.5) is 5.82 Å². The normalized spacial score (nSPS) is 30.1. The minimum Gasteiger partial charge on any atom is -0.380 e. The summed E-state index contributed by atoms with van der Waals surface area (Å²) in [6.45, 7) is 13.7. The van der Waals surface area contributed by atoms with Gasteiger partial charge in [0.15, 0.2) is 5.82 Å². The van der Waals surface area contributed by atoms with Crippen LogP contribution < -0.4 is 4.90 Å². The highest BCUT2D eigenvalue weighted by Gasteiger charge is 2.59. The summed E-state index contributed by atoms with van der Waals surface area (Å²) in [6.07, 6.45) is 9.17. The summed E-state index contributed by atoms with van der Waals surface area (Å²) < 4.78 is 9.89. The minimum absolute atomic E-state index is 0.426. The fraction of sp³-hybridized carbons (Fsp3) is 0.724. The standard InChI is InChI=1S/C29H40N8O/c1-19-22-13-35(26-25-24(30-21(3)31-26)20(2)32-34(25)4)12-5-23(22)37(33-19)16-27-6-9-29(10-7-27,11-8-27)36-14-28(15-36)17-38-18-28/h5-18H2,1-4H3. The number of hydrogen-bond acceptors (Lipinski definition) is 7. The average Bonchev–Trinajstić information content (AvgIpc) is 3.32. The number of aromatic nitrogens is 6. The summed E-state index contributed by atoms with van der Waals surface area (Å²) in [6, 6.07) is 0. The number of fused-ring (bicyclic) bond motifs is 5. The molecule has 3 aromatic rings. The van der Waals surface area contributed by atoms with E-state index in [-0.39, 0.29) is 0 Å². The van der Waals surface area contributed by atoms with E-state index < -0.39 is 0 Å². The largest absolute Gasteiger partial charge is 0.380 e. The molecule has 0 unspecified atom stereocenters. The van der Waals surface area contributed by atoms with Crippen LogP contribution in [0.3, 0.4) is 0 Å². The van der Waals surface area contributed by atoms with Crippen LogP contribution in [0.1, 0.15) is 67.0 Å². The number of likely N-dealkylation sites (tertiary alicyclic amines) is 1. The Morgan fingerprint density at radius 2 is 1.63 bits per heavy atom. The van der Waals surface area contributed by atoms with Gasteiger partial charge >= 0.3 is 0 Å². The van der Waals surface area contributed by atoms with Gasteiger partial charge in [-0.25, -0.2) is 9.97 Å². The number of ether oxygens (including phenoxy) is 1. The Bertz CT molecular complexity index is 1420. The van der Waals surface area contributed by atoms with Crippen molar-refractivity contribution in [1.29, 1.82) is 0 Å². The highest BCUT2D eigenvalue weighted by Crippen LogP contribution is 2.58. The van der Waals surface area contributed by atoms with Crippen molar-refractivity contribution in [1.82, 2.24) is 34.4 Å². The van der Waals surface area contributed by atoms with Gasteiger partial charge in [-0.1, -0.05) is 0 Å². The molecule has 6 aliphatic rings. The monoisotopic (exact) mass is 516 g/mol. The fourth-order valence-electron chi connectivity index (χ4n) is 8.56. The molecule has 0 amide bonds. The maximum Gasteiger partial charge on any atom is 0.158 e. The van der Waals surface area contributed by atoms with Crippen LogP contribution in [-0.2, 0) is 31.3 Å². The maximum absolute atomic E-state index is 5.53. The van der Waals surface area contributed by atoms with Gasteiger partial charge < -0.3 is 9.64 Å². The lowest BCUT2D eigenvalue weighted by molar-refractivity contribution is -0.229. The van der Waals surface area contributed by atoms with E-state index in [2.05, 4.69) is 26.5 Å². The zero-order valence-electron chi connectivity index (χ0n) is 23.4. The van der Waals surface area contributed by atoms with Gasteiger partial charge in [0.05, 0.1) is 24.6 Å². The van der Waals surface area contributed by atoms with Crippen molar-refractivity contribution in [2.75, 3.05) is 37.7 Å². The van der Waals surface area contributed by atoms with Gasteiger partial charge in [0.1, 0.15) is 16.9 Å². The second-order valence-electron chi connectivity index (χ2n) is 13.4. The van der Waals surface area contributed by atoms with E-state index in [0.29, 0.717) is 16.4 Å². The van der Waals surface area contributed by atoms with E-state index >= 15 is 0 Å². The molecule has 0 aromatic carbocycles. The molecule has 0 N–H and O–H groups in total. The van der Waals surface area contributed by atoms with Crippen LogP contribution in [0, 0.1) is 31.6 Å². The first-order valence-corrected chi connectivity index (χ1v) is 14.6. The van der Waals surface area contributed by atoms with Gasteiger partial charge in [-0.15, -0.1) is 0 Å². The van der Waals surface area contributed by atoms with Crippen molar-refractivity contribution in [3.8, 4) is 0 Å². The second-order valence-corrected chi connectivity index (χ2v) is 13.4. The topological polar surface area (TPSA) is 77.1 Å². The SMILES string of the molecule is Cc1nc(N2CCc3c(c(C)nn3CC34CCC(N5CC6(COC6)C5)(CC3)CC4)C2)c2c(n1)c(C)nn2C. The van der Waals surface area contributed by atoms with Crippen molar-refractivity contribution in [3.63, 3.8) is 0 Å². The average molecular weight is 517 g/mol. The van der Waals surface area contributed by atoms with Gasteiger partial charge in [-0.05, 0) is 64.7 Å². The first-order chi connectivity index (χ1) is 18.3.